The maximum atomic E-state index is 13.2. The first-order valence-electron chi connectivity index (χ1n) is 8.64. The molecule has 2 aromatic heterocycles. The van der Waals surface area contributed by atoms with Gasteiger partial charge in [0.1, 0.15) is 11.1 Å². The highest BCUT2D eigenvalue weighted by molar-refractivity contribution is 8.00. The van der Waals surface area contributed by atoms with Crippen molar-refractivity contribution < 1.29 is 9.18 Å². The van der Waals surface area contributed by atoms with Gasteiger partial charge in [-0.3, -0.25) is 4.79 Å². The second-order valence-corrected chi connectivity index (χ2v) is 8.08. The van der Waals surface area contributed by atoms with Crippen LogP contribution in [0.3, 0.4) is 0 Å². The van der Waals surface area contributed by atoms with Gasteiger partial charge in [0.05, 0.1) is 4.88 Å². The number of nitrogens with two attached hydrogens (primary N) is 1. The lowest BCUT2D eigenvalue weighted by molar-refractivity contribution is -0.115. The summed E-state index contributed by atoms with van der Waals surface area (Å²) in [7, 11) is 0. The van der Waals surface area contributed by atoms with Crippen LogP contribution in [0, 0.1) is 5.82 Å². The molecule has 146 valence electrons. The van der Waals surface area contributed by atoms with Crippen LogP contribution in [0.5, 0.6) is 0 Å². The van der Waals surface area contributed by atoms with E-state index < -0.39 is 5.25 Å². The van der Waals surface area contributed by atoms with E-state index in [4.69, 9.17) is 5.84 Å². The fourth-order valence-electron chi connectivity index (χ4n) is 2.68. The minimum absolute atomic E-state index is 0.270. The van der Waals surface area contributed by atoms with Gasteiger partial charge in [-0.1, -0.05) is 48.2 Å². The summed E-state index contributed by atoms with van der Waals surface area (Å²) in [6.45, 7) is 0. The Hall–Kier alpha value is -3.17. The van der Waals surface area contributed by atoms with E-state index in [1.165, 1.54) is 52.0 Å². The van der Waals surface area contributed by atoms with E-state index in [-0.39, 0.29) is 11.7 Å². The van der Waals surface area contributed by atoms with Gasteiger partial charge in [0, 0.05) is 5.69 Å². The molecule has 1 unspecified atom stereocenters. The molecule has 0 radical (unpaired) electrons. The standard InChI is InChI=1S/C20H16FN5OS2/c21-14-8-10-15(11-9-14)23-19(27)17(13-5-2-1-3-6-13)29-20-25-24-18(26(20)22)16-7-4-12-28-16/h1-12,17H,22H2,(H,23,27). The predicted octanol–water partition coefficient (Wildman–Crippen LogP) is 4.33. The summed E-state index contributed by atoms with van der Waals surface area (Å²) in [5.74, 6) is 6.09. The number of nitrogens with zero attached hydrogens (tertiary/aromatic N) is 3. The lowest BCUT2D eigenvalue weighted by Crippen LogP contribution is -2.20. The van der Waals surface area contributed by atoms with Crippen LogP contribution in [0.2, 0.25) is 0 Å². The zero-order valence-corrected chi connectivity index (χ0v) is 16.7. The number of carbonyl (C=O) groups excluding carboxylic acids is 1. The van der Waals surface area contributed by atoms with Crippen LogP contribution in [0.25, 0.3) is 10.7 Å². The van der Waals surface area contributed by atoms with Crippen LogP contribution in [-0.2, 0) is 4.79 Å². The fourth-order valence-corrected chi connectivity index (χ4v) is 4.34. The SMILES string of the molecule is Nn1c(SC(C(=O)Nc2ccc(F)cc2)c2ccccc2)nnc1-c1cccs1. The van der Waals surface area contributed by atoms with E-state index >= 15 is 0 Å². The highest BCUT2D eigenvalue weighted by Gasteiger charge is 2.26. The molecule has 1 atom stereocenters. The zero-order chi connectivity index (χ0) is 20.2. The van der Waals surface area contributed by atoms with E-state index in [1.807, 2.05) is 47.8 Å². The van der Waals surface area contributed by atoms with Crippen molar-refractivity contribution >= 4 is 34.7 Å². The topological polar surface area (TPSA) is 85.8 Å². The molecule has 0 bridgehead atoms. The van der Waals surface area contributed by atoms with Gasteiger partial charge in [-0.05, 0) is 41.3 Å². The van der Waals surface area contributed by atoms with Crippen LogP contribution in [0.15, 0.2) is 77.3 Å². The van der Waals surface area contributed by atoms with E-state index in [0.29, 0.717) is 16.7 Å². The van der Waals surface area contributed by atoms with Crippen molar-refractivity contribution in [2.24, 2.45) is 0 Å². The van der Waals surface area contributed by atoms with Crippen LogP contribution >= 0.6 is 23.1 Å². The Kier molecular flexibility index (Phi) is 5.59. The summed E-state index contributed by atoms with van der Waals surface area (Å²) in [4.78, 5) is 13.9. The van der Waals surface area contributed by atoms with Crippen molar-refractivity contribution in [3.63, 3.8) is 0 Å². The lowest BCUT2D eigenvalue weighted by atomic mass is 10.1. The molecule has 0 saturated heterocycles. The Balaban J connectivity index is 1.61. The number of amides is 1. The Morgan fingerprint density at radius 3 is 2.52 bits per heavy atom. The van der Waals surface area contributed by atoms with Crippen LogP contribution in [0.4, 0.5) is 10.1 Å². The normalized spacial score (nSPS) is 11.9. The highest BCUT2D eigenvalue weighted by Crippen LogP contribution is 2.36. The van der Waals surface area contributed by atoms with Crippen molar-refractivity contribution in [2.75, 3.05) is 11.2 Å². The van der Waals surface area contributed by atoms with Crippen LogP contribution in [0.1, 0.15) is 10.8 Å². The quantitative estimate of drug-likeness (QED) is 0.355. The van der Waals surface area contributed by atoms with Crippen molar-refractivity contribution in [3.8, 4) is 10.7 Å². The van der Waals surface area contributed by atoms with Gasteiger partial charge in [-0.15, -0.1) is 21.5 Å². The number of thioether (sulfide) groups is 1. The molecule has 0 aliphatic carbocycles. The minimum Gasteiger partial charge on any atom is -0.335 e. The molecule has 2 heterocycles. The smallest absolute Gasteiger partial charge is 0.242 e. The molecular formula is C20H16FN5OS2. The molecule has 0 fully saturated rings. The molecule has 6 nitrogen and oxygen atoms in total. The number of rotatable bonds is 6. The van der Waals surface area contributed by atoms with Crippen molar-refractivity contribution in [1.82, 2.24) is 14.9 Å². The Morgan fingerprint density at radius 1 is 1.07 bits per heavy atom. The third-order valence-electron chi connectivity index (χ3n) is 4.08. The second-order valence-electron chi connectivity index (χ2n) is 6.06. The Morgan fingerprint density at radius 2 is 1.83 bits per heavy atom. The van der Waals surface area contributed by atoms with Gasteiger partial charge in [0.2, 0.25) is 11.1 Å². The molecule has 0 spiro atoms. The number of carbonyl (C=O) groups is 1. The van der Waals surface area contributed by atoms with E-state index in [9.17, 15) is 9.18 Å². The van der Waals surface area contributed by atoms with Crippen molar-refractivity contribution in [3.05, 3.63) is 83.5 Å². The Bertz CT molecular complexity index is 1100. The first kappa shape index (κ1) is 19.2. The van der Waals surface area contributed by atoms with Gasteiger partial charge in [0.15, 0.2) is 5.82 Å². The summed E-state index contributed by atoms with van der Waals surface area (Å²) in [5.41, 5.74) is 1.30. The molecule has 29 heavy (non-hydrogen) atoms. The largest absolute Gasteiger partial charge is 0.335 e. The number of halogens is 1. The summed E-state index contributed by atoms with van der Waals surface area (Å²) < 4.78 is 14.5. The summed E-state index contributed by atoms with van der Waals surface area (Å²) in [6.07, 6.45) is 0. The molecule has 0 saturated carbocycles. The second kappa shape index (κ2) is 8.46. The number of thiophene rings is 1. The number of hydrogen-bond donors (Lipinski definition) is 2. The van der Waals surface area contributed by atoms with Gasteiger partial charge in [0.25, 0.3) is 0 Å². The van der Waals surface area contributed by atoms with E-state index in [2.05, 4.69) is 15.5 Å². The zero-order valence-electron chi connectivity index (χ0n) is 15.0. The van der Waals surface area contributed by atoms with E-state index in [1.54, 1.807) is 0 Å². The first-order valence-corrected chi connectivity index (χ1v) is 10.4. The number of benzene rings is 2. The molecule has 0 aliphatic rings. The van der Waals surface area contributed by atoms with Gasteiger partial charge in [-0.25, -0.2) is 9.07 Å². The summed E-state index contributed by atoms with van der Waals surface area (Å²) >= 11 is 2.71. The van der Waals surface area contributed by atoms with Gasteiger partial charge < -0.3 is 11.2 Å². The minimum atomic E-state index is -0.621. The predicted molar refractivity (Wildman–Crippen MR) is 114 cm³/mol. The fraction of sp³-hybridized carbons (Fsp3) is 0.0500. The number of aromatic nitrogens is 3. The van der Waals surface area contributed by atoms with Crippen molar-refractivity contribution in [1.29, 1.82) is 0 Å². The van der Waals surface area contributed by atoms with Crippen molar-refractivity contribution in [2.45, 2.75) is 10.4 Å². The monoisotopic (exact) mass is 425 g/mol. The van der Waals surface area contributed by atoms with Gasteiger partial charge >= 0.3 is 0 Å². The molecular weight excluding hydrogens is 409 g/mol. The Labute approximate surface area is 174 Å². The lowest BCUT2D eigenvalue weighted by Gasteiger charge is -2.16. The average Bonchev–Trinajstić information content (AvgIpc) is 3.38. The maximum absolute atomic E-state index is 13.2. The molecule has 2 aromatic carbocycles. The number of nitrogen functional groups attached to an aromatic ring is 1. The molecule has 4 rings (SSSR count). The summed E-state index contributed by atoms with van der Waals surface area (Å²) in [6, 6.07) is 18.8. The van der Waals surface area contributed by atoms with E-state index in [0.717, 1.165) is 10.4 Å². The highest BCUT2D eigenvalue weighted by atomic mass is 32.2. The number of anilines is 1. The molecule has 0 aliphatic heterocycles. The third-order valence-corrected chi connectivity index (χ3v) is 6.16. The van der Waals surface area contributed by atoms with Crippen LogP contribution < -0.4 is 11.2 Å². The molecule has 9 heteroatoms. The summed E-state index contributed by atoms with van der Waals surface area (Å²) in [5, 5.41) is 12.9. The average molecular weight is 426 g/mol. The first-order chi connectivity index (χ1) is 14.1. The molecule has 4 aromatic rings. The molecule has 3 N–H and O–H groups in total. The number of nitrogens with one attached hydrogen (secondary N) is 1. The molecule has 1 amide bonds. The third kappa shape index (κ3) is 4.30. The van der Waals surface area contributed by atoms with Crippen LogP contribution in [-0.4, -0.2) is 20.8 Å². The van der Waals surface area contributed by atoms with Gasteiger partial charge in [-0.2, -0.15) is 0 Å². The maximum Gasteiger partial charge on any atom is 0.242 e. The number of hydrogen-bond acceptors (Lipinski definition) is 6.